The van der Waals surface area contributed by atoms with Crippen LogP contribution in [-0.2, 0) is 39.2 Å². The highest BCUT2D eigenvalue weighted by molar-refractivity contribution is 7.89. The zero-order chi connectivity index (χ0) is 24.7. The molecule has 0 bridgehead atoms. The van der Waals surface area contributed by atoms with Crippen LogP contribution in [0, 0.1) is 11.3 Å². The fourth-order valence-electron chi connectivity index (χ4n) is 3.61. The van der Waals surface area contributed by atoms with Crippen molar-refractivity contribution in [2.75, 3.05) is 6.61 Å². The standard InChI is InChI=1S/C24H23N5O5S/c25-11-4-14-33-19-7-9-20(10-8-19)35(31,32)29-16-22-21(26-12-13-27-22)15-23(29)24(30)28-34-17-18-5-2-1-3-6-18/h1-3,5-10,12-13,23H,4,14-17H2,(H,28,30). The summed E-state index contributed by atoms with van der Waals surface area (Å²) < 4.78 is 33.6. The fraction of sp³-hybridized carbons (Fsp3) is 0.250. The van der Waals surface area contributed by atoms with E-state index in [9.17, 15) is 13.2 Å². The molecule has 0 fully saturated rings. The Hall–Kier alpha value is -3.85. The van der Waals surface area contributed by atoms with Gasteiger partial charge >= 0.3 is 0 Å². The number of hydrogen-bond donors (Lipinski definition) is 1. The van der Waals surface area contributed by atoms with E-state index in [1.54, 1.807) is 0 Å². The lowest BCUT2D eigenvalue weighted by atomic mass is 10.0. The van der Waals surface area contributed by atoms with Crippen LogP contribution in [0.5, 0.6) is 5.75 Å². The van der Waals surface area contributed by atoms with Crippen LogP contribution in [0.2, 0.25) is 0 Å². The molecule has 0 spiro atoms. The first-order valence-electron chi connectivity index (χ1n) is 10.8. The minimum atomic E-state index is -4.08. The van der Waals surface area contributed by atoms with Crippen LogP contribution in [0.25, 0.3) is 0 Å². The van der Waals surface area contributed by atoms with E-state index in [4.69, 9.17) is 14.8 Å². The summed E-state index contributed by atoms with van der Waals surface area (Å²) in [5, 5.41) is 8.62. The predicted octanol–water partition coefficient (Wildman–Crippen LogP) is 2.13. The first-order valence-corrected chi connectivity index (χ1v) is 12.3. The molecule has 1 aliphatic heterocycles. The van der Waals surface area contributed by atoms with E-state index in [0.29, 0.717) is 17.1 Å². The van der Waals surface area contributed by atoms with Crippen LogP contribution >= 0.6 is 0 Å². The molecule has 35 heavy (non-hydrogen) atoms. The molecule has 10 nitrogen and oxygen atoms in total. The summed E-state index contributed by atoms with van der Waals surface area (Å²) in [6.45, 7) is 0.230. The zero-order valence-corrected chi connectivity index (χ0v) is 19.5. The van der Waals surface area contributed by atoms with Crippen LogP contribution in [0.1, 0.15) is 23.4 Å². The van der Waals surface area contributed by atoms with Gasteiger partial charge in [-0.05, 0) is 29.8 Å². The number of fused-ring (bicyclic) bond motifs is 1. The second-order valence-electron chi connectivity index (χ2n) is 7.69. The van der Waals surface area contributed by atoms with Gasteiger partial charge in [-0.3, -0.25) is 19.6 Å². The quantitative estimate of drug-likeness (QED) is 0.354. The van der Waals surface area contributed by atoms with Crippen molar-refractivity contribution in [3.05, 3.63) is 83.9 Å². The summed E-state index contributed by atoms with van der Waals surface area (Å²) >= 11 is 0. The molecule has 180 valence electrons. The van der Waals surface area contributed by atoms with E-state index in [1.165, 1.54) is 36.7 Å². The van der Waals surface area contributed by atoms with Gasteiger partial charge in [0, 0.05) is 18.8 Å². The number of aromatic nitrogens is 2. The van der Waals surface area contributed by atoms with E-state index in [0.717, 1.165) is 9.87 Å². The highest BCUT2D eigenvalue weighted by Gasteiger charge is 2.41. The highest BCUT2D eigenvalue weighted by Crippen LogP contribution is 2.28. The van der Waals surface area contributed by atoms with Gasteiger partial charge in [-0.15, -0.1) is 0 Å². The van der Waals surface area contributed by atoms with Gasteiger partial charge in [0.1, 0.15) is 18.4 Å². The topological polar surface area (TPSA) is 135 Å². The Kier molecular flexibility index (Phi) is 7.67. The molecule has 4 rings (SSSR count). The third kappa shape index (κ3) is 5.81. The Morgan fingerprint density at radius 2 is 1.80 bits per heavy atom. The molecule has 1 aromatic heterocycles. The first-order chi connectivity index (χ1) is 17.0. The molecule has 2 aromatic carbocycles. The molecular formula is C24H23N5O5S. The number of carbonyl (C=O) groups is 1. The van der Waals surface area contributed by atoms with Crippen LogP contribution in [0.15, 0.2) is 71.9 Å². The van der Waals surface area contributed by atoms with Crippen molar-refractivity contribution in [1.29, 1.82) is 5.26 Å². The summed E-state index contributed by atoms with van der Waals surface area (Å²) in [5.74, 6) is -0.157. The number of nitrogens with one attached hydrogen (secondary N) is 1. The van der Waals surface area contributed by atoms with E-state index in [2.05, 4.69) is 15.4 Å². The van der Waals surface area contributed by atoms with Gasteiger partial charge < -0.3 is 4.74 Å². The number of rotatable bonds is 9. The summed E-state index contributed by atoms with van der Waals surface area (Å²) in [5.41, 5.74) is 4.29. The van der Waals surface area contributed by atoms with Crippen molar-refractivity contribution < 1.29 is 22.8 Å². The molecular weight excluding hydrogens is 470 g/mol. The number of carbonyl (C=O) groups excluding carboxylic acids is 1. The lowest BCUT2D eigenvalue weighted by molar-refractivity contribution is -0.139. The van der Waals surface area contributed by atoms with Gasteiger partial charge in [0.05, 0.1) is 41.9 Å². The molecule has 0 aliphatic carbocycles. The van der Waals surface area contributed by atoms with E-state index < -0.39 is 22.0 Å². The van der Waals surface area contributed by atoms with Crippen LogP contribution in [0.3, 0.4) is 0 Å². The maximum Gasteiger partial charge on any atom is 0.262 e. The van der Waals surface area contributed by atoms with Crippen LogP contribution in [-0.4, -0.2) is 41.2 Å². The first kappa shape index (κ1) is 24.3. The second kappa shape index (κ2) is 11.1. The Labute approximate surface area is 203 Å². The number of hydrogen-bond acceptors (Lipinski definition) is 8. The third-order valence-electron chi connectivity index (χ3n) is 5.37. The predicted molar refractivity (Wildman–Crippen MR) is 124 cm³/mol. The minimum absolute atomic E-state index is 0.000442. The van der Waals surface area contributed by atoms with Crippen molar-refractivity contribution in [3.8, 4) is 11.8 Å². The third-order valence-corrected chi connectivity index (χ3v) is 7.24. The van der Waals surface area contributed by atoms with Gasteiger partial charge in [0.25, 0.3) is 5.91 Å². The Balaban J connectivity index is 1.53. The van der Waals surface area contributed by atoms with E-state index in [1.807, 2.05) is 36.4 Å². The molecule has 1 aliphatic rings. The lowest BCUT2D eigenvalue weighted by Crippen LogP contribution is -2.52. The number of benzene rings is 2. The van der Waals surface area contributed by atoms with Crippen molar-refractivity contribution >= 4 is 15.9 Å². The van der Waals surface area contributed by atoms with Gasteiger partial charge in [-0.1, -0.05) is 30.3 Å². The second-order valence-corrected chi connectivity index (χ2v) is 9.58. The summed E-state index contributed by atoms with van der Waals surface area (Å²) in [7, 11) is -4.08. The Morgan fingerprint density at radius 3 is 2.51 bits per heavy atom. The fourth-order valence-corrected chi connectivity index (χ4v) is 5.16. The average Bonchev–Trinajstić information content (AvgIpc) is 2.89. The summed E-state index contributed by atoms with van der Waals surface area (Å²) in [4.78, 5) is 26.9. The molecule has 11 heteroatoms. The van der Waals surface area contributed by atoms with E-state index in [-0.39, 0.29) is 37.5 Å². The molecule has 1 atom stereocenters. The van der Waals surface area contributed by atoms with Crippen molar-refractivity contribution in [3.63, 3.8) is 0 Å². The minimum Gasteiger partial charge on any atom is -0.493 e. The smallest absolute Gasteiger partial charge is 0.262 e. The summed E-state index contributed by atoms with van der Waals surface area (Å²) in [6, 6.07) is 16.0. The molecule has 0 saturated heterocycles. The molecule has 3 aromatic rings. The number of nitrogens with zero attached hydrogens (tertiary/aromatic N) is 4. The number of sulfonamides is 1. The molecule has 0 radical (unpaired) electrons. The molecule has 1 N–H and O–H groups in total. The molecule has 2 heterocycles. The van der Waals surface area contributed by atoms with Crippen molar-refractivity contribution in [2.45, 2.75) is 36.9 Å². The largest absolute Gasteiger partial charge is 0.493 e. The summed E-state index contributed by atoms with van der Waals surface area (Å²) in [6.07, 6.45) is 3.27. The number of hydroxylamine groups is 1. The number of amides is 1. The van der Waals surface area contributed by atoms with Gasteiger partial charge in [0.2, 0.25) is 10.0 Å². The molecule has 1 amide bonds. The van der Waals surface area contributed by atoms with Crippen molar-refractivity contribution in [2.24, 2.45) is 0 Å². The maximum absolute atomic E-state index is 13.6. The highest BCUT2D eigenvalue weighted by atomic mass is 32.2. The van der Waals surface area contributed by atoms with E-state index >= 15 is 0 Å². The van der Waals surface area contributed by atoms with Crippen LogP contribution < -0.4 is 10.2 Å². The maximum atomic E-state index is 13.6. The average molecular weight is 494 g/mol. The number of nitriles is 1. The number of ether oxygens (including phenoxy) is 1. The van der Waals surface area contributed by atoms with Crippen LogP contribution in [0.4, 0.5) is 0 Å². The molecule has 1 unspecified atom stereocenters. The Bertz CT molecular complexity index is 1310. The Morgan fingerprint density at radius 1 is 1.09 bits per heavy atom. The van der Waals surface area contributed by atoms with Crippen molar-refractivity contribution in [1.82, 2.24) is 19.8 Å². The lowest BCUT2D eigenvalue weighted by Gasteiger charge is -2.33. The van der Waals surface area contributed by atoms with Gasteiger partial charge in [0.15, 0.2) is 0 Å². The SMILES string of the molecule is N#CCCOc1ccc(S(=O)(=O)N2Cc3nccnc3CC2C(=O)NOCc2ccccc2)cc1. The van der Waals surface area contributed by atoms with Gasteiger partial charge in [-0.25, -0.2) is 13.9 Å². The normalized spacial score (nSPS) is 15.6. The van der Waals surface area contributed by atoms with Gasteiger partial charge in [-0.2, -0.15) is 9.57 Å². The monoisotopic (exact) mass is 493 g/mol. The zero-order valence-electron chi connectivity index (χ0n) is 18.7. The molecule has 0 saturated carbocycles.